The summed E-state index contributed by atoms with van der Waals surface area (Å²) in [5.41, 5.74) is 8.64. The van der Waals surface area contributed by atoms with Gasteiger partial charge in [-0.15, -0.1) is 0 Å². The van der Waals surface area contributed by atoms with E-state index < -0.39 is 0 Å². The Morgan fingerprint density at radius 2 is 1.74 bits per heavy atom. The average molecular weight is 459 g/mol. The second kappa shape index (κ2) is 8.53. The molecule has 0 saturated carbocycles. The second-order valence-corrected chi connectivity index (χ2v) is 8.38. The van der Waals surface area contributed by atoms with Gasteiger partial charge in [0, 0.05) is 46.9 Å². The van der Waals surface area contributed by atoms with Gasteiger partial charge in [-0.1, -0.05) is 25.1 Å². The van der Waals surface area contributed by atoms with Gasteiger partial charge in [0.15, 0.2) is 0 Å². The highest BCUT2D eigenvalue weighted by Gasteiger charge is 2.14. The fourth-order valence-corrected chi connectivity index (χ4v) is 4.38. The molecular weight excluding hydrogens is 436 g/mol. The number of hydrogen-bond donors (Lipinski definition) is 3. The lowest BCUT2D eigenvalue weighted by Crippen LogP contribution is -2.09. The Morgan fingerprint density at radius 3 is 2.60 bits per heavy atom. The highest BCUT2D eigenvalue weighted by atomic mass is 16.1. The lowest BCUT2D eigenvalue weighted by molar-refractivity contribution is -0.115. The molecule has 0 saturated heterocycles. The summed E-state index contributed by atoms with van der Waals surface area (Å²) in [5, 5.41) is 12.8. The van der Waals surface area contributed by atoms with Gasteiger partial charge in [-0.25, -0.2) is 0 Å². The molecule has 6 rings (SSSR count). The van der Waals surface area contributed by atoms with Crippen molar-refractivity contribution in [3.05, 3.63) is 85.5 Å². The summed E-state index contributed by atoms with van der Waals surface area (Å²) >= 11 is 0. The summed E-state index contributed by atoms with van der Waals surface area (Å²) in [6.45, 7) is 1.82. The summed E-state index contributed by atoms with van der Waals surface area (Å²) < 4.78 is 0. The van der Waals surface area contributed by atoms with Gasteiger partial charge in [-0.2, -0.15) is 5.10 Å². The highest BCUT2D eigenvalue weighted by molar-refractivity contribution is 6.02. The topological polar surface area (TPSA) is 99.3 Å². The fourth-order valence-electron chi connectivity index (χ4n) is 4.38. The number of aromatic nitrogens is 5. The first-order valence-corrected chi connectivity index (χ1v) is 11.5. The number of anilines is 1. The lowest BCUT2D eigenvalue weighted by Gasteiger charge is -2.06. The van der Waals surface area contributed by atoms with Crippen molar-refractivity contribution in [2.45, 2.75) is 13.3 Å². The number of rotatable bonds is 5. The van der Waals surface area contributed by atoms with E-state index >= 15 is 0 Å². The van der Waals surface area contributed by atoms with Crippen LogP contribution in [0.4, 0.5) is 5.69 Å². The van der Waals surface area contributed by atoms with Gasteiger partial charge in [0.1, 0.15) is 5.69 Å². The van der Waals surface area contributed by atoms with Gasteiger partial charge in [0.25, 0.3) is 0 Å². The molecule has 0 bridgehead atoms. The van der Waals surface area contributed by atoms with Gasteiger partial charge >= 0.3 is 0 Å². The van der Waals surface area contributed by atoms with Crippen molar-refractivity contribution in [2.24, 2.45) is 0 Å². The predicted octanol–water partition coefficient (Wildman–Crippen LogP) is 6.18. The lowest BCUT2D eigenvalue weighted by atomic mass is 10.0. The minimum Gasteiger partial charge on any atom is -0.353 e. The number of nitrogens with one attached hydrogen (secondary N) is 3. The first kappa shape index (κ1) is 20.8. The molecule has 0 aliphatic rings. The Labute approximate surface area is 201 Å². The summed E-state index contributed by atoms with van der Waals surface area (Å²) in [4.78, 5) is 23.8. The van der Waals surface area contributed by atoms with E-state index in [4.69, 9.17) is 0 Å². The maximum atomic E-state index is 11.8. The van der Waals surface area contributed by atoms with Crippen LogP contribution in [0.5, 0.6) is 0 Å². The third kappa shape index (κ3) is 3.83. The Balaban J connectivity index is 1.43. The van der Waals surface area contributed by atoms with E-state index in [2.05, 4.69) is 60.8 Å². The van der Waals surface area contributed by atoms with Crippen molar-refractivity contribution in [1.29, 1.82) is 0 Å². The van der Waals surface area contributed by atoms with Crippen LogP contribution >= 0.6 is 0 Å². The number of nitrogens with zero attached hydrogens (tertiary/aromatic N) is 3. The smallest absolute Gasteiger partial charge is 0.224 e. The number of aromatic amines is 2. The molecule has 170 valence electrons. The van der Waals surface area contributed by atoms with Crippen LogP contribution < -0.4 is 5.32 Å². The van der Waals surface area contributed by atoms with E-state index in [1.54, 1.807) is 12.4 Å². The molecule has 0 unspecified atom stereocenters. The van der Waals surface area contributed by atoms with Crippen LogP contribution in [0.15, 0.2) is 85.5 Å². The van der Waals surface area contributed by atoms with Gasteiger partial charge < -0.3 is 10.3 Å². The number of amides is 1. The van der Waals surface area contributed by atoms with Crippen LogP contribution in [0, 0.1) is 0 Å². The summed E-state index contributed by atoms with van der Waals surface area (Å²) in [6.07, 6.45) is 7.49. The quantitative estimate of drug-likeness (QED) is 0.287. The van der Waals surface area contributed by atoms with Crippen molar-refractivity contribution in [3.8, 4) is 33.6 Å². The number of carbonyl (C=O) groups is 1. The second-order valence-electron chi connectivity index (χ2n) is 8.38. The number of fused-ring (bicyclic) bond motifs is 2. The minimum absolute atomic E-state index is 0.0403. The maximum absolute atomic E-state index is 11.8. The summed E-state index contributed by atoms with van der Waals surface area (Å²) in [6, 6.07) is 20.5. The number of benzene rings is 2. The molecule has 0 aliphatic carbocycles. The molecule has 2 aromatic carbocycles. The predicted molar refractivity (Wildman–Crippen MR) is 139 cm³/mol. The van der Waals surface area contributed by atoms with E-state index in [9.17, 15) is 4.79 Å². The van der Waals surface area contributed by atoms with Crippen molar-refractivity contribution >= 4 is 33.4 Å². The average Bonchev–Trinajstić information content (AvgIpc) is 3.53. The van der Waals surface area contributed by atoms with E-state index in [-0.39, 0.29) is 5.91 Å². The Bertz CT molecular complexity index is 1680. The minimum atomic E-state index is -0.0403. The van der Waals surface area contributed by atoms with Crippen molar-refractivity contribution in [1.82, 2.24) is 25.1 Å². The molecule has 35 heavy (non-hydrogen) atoms. The Kier molecular flexibility index (Phi) is 5.07. The molecule has 0 atom stereocenters. The largest absolute Gasteiger partial charge is 0.353 e. The molecule has 7 nitrogen and oxygen atoms in total. The third-order valence-electron chi connectivity index (χ3n) is 6.15. The van der Waals surface area contributed by atoms with E-state index in [1.165, 1.54) is 0 Å². The SMILES string of the molecule is CCC(=O)Nc1cncc(-c2ccc3[nH]nc(-c4cc5c(-c6ccncc6)cccc5[nH]4)c3c2)c1. The molecule has 6 aromatic rings. The third-order valence-corrected chi connectivity index (χ3v) is 6.15. The van der Waals surface area contributed by atoms with Crippen LogP contribution in [0.1, 0.15) is 13.3 Å². The Morgan fingerprint density at radius 1 is 0.857 bits per heavy atom. The zero-order valence-electron chi connectivity index (χ0n) is 19.0. The van der Waals surface area contributed by atoms with Crippen LogP contribution in [0.3, 0.4) is 0 Å². The Hall–Kier alpha value is -4.78. The van der Waals surface area contributed by atoms with Crippen LogP contribution in [0.25, 0.3) is 55.4 Å². The van der Waals surface area contributed by atoms with E-state index in [1.807, 2.05) is 49.6 Å². The molecule has 0 aliphatic heterocycles. The highest BCUT2D eigenvalue weighted by Crippen LogP contribution is 2.35. The first-order valence-electron chi connectivity index (χ1n) is 11.5. The molecule has 4 heterocycles. The number of hydrogen-bond acceptors (Lipinski definition) is 4. The first-order chi connectivity index (χ1) is 17.2. The zero-order valence-corrected chi connectivity index (χ0v) is 19.0. The standard InChI is InChI=1S/C28H22N6O/c1-2-27(35)31-20-12-19(15-30-16-20)18-6-7-25-23(13-18)28(34-33-25)26-14-22-21(4-3-5-24(22)32-26)17-8-10-29-11-9-17/h3-16,32H,2H2,1H3,(H,31,35)(H,33,34). The van der Waals surface area contributed by atoms with Crippen LogP contribution in [-0.4, -0.2) is 31.1 Å². The molecular formula is C28H22N6O. The number of pyridine rings is 2. The molecule has 7 heteroatoms. The van der Waals surface area contributed by atoms with Gasteiger partial charge in [0.05, 0.1) is 23.1 Å². The zero-order chi connectivity index (χ0) is 23.8. The van der Waals surface area contributed by atoms with Gasteiger partial charge in [-0.3, -0.25) is 19.9 Å². The fraction of sp³-hybridized carbons (Fsp3) is 0.0714. The molecule has 3 N–H and O–H groups in total. The molecule has 0 spiro atoms. The van der Waals surface area contributed by atoms with Crippen LogP contribution in [-0.2, 0) is 4.79 Å². The summed E-state index contributed by atoms with van der Waals surface area (Å²) in [7, 11) is 0. The van der Waals surface area contributed by atoms with Crippen LogP contribution in [0.2, 0.25) is 0 Å². The van der Waals surface area contributed by atoms with Crippen molar-refractivity contribution < 1.29 is 4.79 Å². The molecule has 4 aromatic heterocycles. The molecule has 0 radical (unpaired) electrons. The monoisotopic (exact) mass is 458 g/mol. The van der Waals surface area contributed by atoms with Crippen molar-refractivity contribution in [3.63, 3.8) is 0 Å². The number of carbonyl (C=O) groups excluding carboxylic acids is 1. The van der Waals surface area contributed by atoms with E-state index in [0.717, 1.165) is 55.4 Å². The van der Waals surface area contributed by atoms with Gasteiger partial charge in [0.2, 0.25) is 5.91 Å². The molecule has 1 amide bonds. The number of H-pyrrole nitrogens is 2. The summed E-state index contributed by atoms with van der Waals surface area (Å²) in [5.74, 6) is -0.0403. The maximum Gasteiger partial charge on any atom is 0.224 e. The molecule has 0 fully saturated rings. The van der Waals surface area contributed by atoms with E-state index in [0.29, 0.717) is 12.1 Å². The van der Waals surface area contributed by atoms with Gasteiger partial charge in [-0.05, 0) is 59.2 Å². The van der Waals surface area contributed by atoms with Crippen molar-refractivity contribution in [2.75, 3.05) is 5.32 Å². The normalized spacial score (nSPS) is 11.2.